The molecule has 0 amide bonds. The van der Waals surface area contributed by atoms with Gasteiger partial charge in [-0.25, -0.2) is 13.6 Å². The van der Waals surface area contributed by atoms with Gasteiger partial charge in [0, 0.05) is 16.7 Å². The molecule has 0 atom stereocenters. The van der Waals surface area contributed by atoms with Crippen molar-refractivity contribution in [2.75, 3.05) is 0 Å². The van der Waals surface area contributed by atoms with Crippen LogP contribution in [-0.2, 0) is 10.5 Å². The highest BCUT2D eigenvalue weighted by Gasteiger charge is 2.03. The number of hydrogen-bond donors (Lipinski definition) is 1. The van der Waals surface area contributed by atoms with Crippen molar-refractivity contribution >= 4 is 23.8 Å². The molecule has 2 aromatic carbocycles. The lowest BCUT2D eigenvalue weighted by Crippen LogP contribution is -1.87. The lowest BCUT2D eigenvalue weighted by Gasteiger charge is -2.04. The highest BCUT2D eigenvalue weighted by atomic mass is 32.2. The Balaban J connectivity index is 2.04. The average molecular weight is 306 g/mol. The van der Waals surface area contributed by atoms with E-state index in [1.54, 1.807) is 6.07 Å². The minimum absolute atomic E-state index is 0.583. The molecule has 2 rings (SSSR count). The van der Waals surface area contributed by atoms with Crippen molar-refractivity contribution in [1.29, 1.82) is 0 Å². The molecule has 5 heteroatoms. The fourth-order valence-electron chi connectivity index (χ4n) is 1.69. The van der Waals surface area contributed by atoms with E-state index >= 15 is 0 Å². The van der Waals surface area contributed by atoms with Gasteiger partial charge in [-0.3, -0.25) is 0 Å². The maximum atomic E-state index is 13.1. The Kier molecular flexibility index (Phi) is 5.11. The summed E-state index contributed by atoms with van der Waals surface area (Å²) in [5.74, 6) is -2.14. The summed E-state index contributed by atoms with van der Waals surface area (Å²) in [4.78, 5) is 11.1. The molecule has 0 radical (unpaired) electrons. The van der Waals surface area contributed by atoms with Crippen LogP contribution < -0.4 is 0 Å². The Morgan fingerprint density at radius 2 is 1.95 bits per heavy atom. The van der Waals surface area contributed by atoms with Crippen LogP contribution in [0, 0.1) is 11.6 Å². The van der Waals surface area contributed by atoms with Crippen LogP contribution in [0.4, 0.5) is 8.78 Å². The van der Waals surface area contributed by atoms with Crippen LogP contribution in [0.1, 0.15) is 11.1 Å². The molecule has 0 fully saturated rings. The van der Waals surface area contributed by atoms with Gasteiger partial charge in [0.25, 0.3) is 0 Å². The molecule has 1 N–H and O–H groups in total. The lowest BCUT2D eigenvalue weighted by molar-refractivity contribution is -0.131. The number of benzene rings is 2. The van der Waals surface area contributed by atoms with Gasteiger partial charge in [0.15, 0.2) is 11.6 Å². The van der Waals surface area contributed by atoms with Crippen LogP contribution >= 0.6 is 11.8 Å². The fourth-order valence-corrected chi connectivity index (χ4v) is 2.55. The second-order valence-corrected chi connectivity index (χ2v) is 5.33. The normalized spacial score (nSPS) is 11.0. The van der Waals surface area contributed by atoms with E-state index in [2.05, 4.69) is 0 Å². The number of carbonyl (C=O) groups is 1. The second-order valence-electron chi connectivity index (χ2n) is 4.28. The van der Waals surface area contributed by atoms with Crippen molar-refractivity contribution in [3.05, 3.63) is 71.3 Å². The summed E-state index contributed by atoms with van der Waals surface area (Å²) in [6, 6.07) is 11.2. The maximum absolute atomic E-state index is 13.1. The van der Waals surface area contributed by atoms with Crippen LogP contribution in [-0.4, -0.2) is 11.1 Å². The highest BCUT2D eigenvalue weighted by Crippen LogP contribution is 2.24. The van der Waals surface area contributed by atoms with E-state index in [4.69, 9.17) is 5.11 Å². The number of rotatable bonds is 5. The molecule has 0 aromatic heterocycles. The van der Waals surface area contributed by atoms with Crippen LogP contribution in [0.3, 0.4) is 0 Å². The average Bonchev–Trinajstić information content (AvgIpc) is 2.47. The summed E-state index contributed by atoms with van der Waals surface area (Å²) in [6.07, 6.45) is 2.58. The van der Waals surface area contributed by atoms with Gasteiger partial charge in [-0.1, -0.05) is 24.3 Å². The van der Waals surface area contributed by atoms with Gasteiger partial charge in [0.2, 0.25) is 0 Å². The standard InChI is InChI=1S/C16H12F2O2S/c17-14-6-5-13(9-15(14)18)21-10-12-3-1-2-11(8-12)4-7-16(19)20/h1-9H,10H2,(H,19,20). The zero-order valence-corrected chi connectivity index (χ0v) is 11.7. The van der Waals surface area contributed by atoms with Gasteiger partial charge >= 0.3 is 5.97 Å². The molecule has 2 aromatic rings. The Morgan fingerprint density at radius 3 is 2.67 bits per heavy atom. The minimum atomic E-state index is -1.00. The smallest absolute Gasteiger partial charge is 0.328 e. The van der Waals surface area contributed by atoms with Crippen molar-refractivity contribution in [3.8, 4) is 0 Å². The van der Waals surface area contributed by atoms with Crippen molar-refractivity contribution in [2.24, 2.45) is 0 Å². The monoisotopic (exact) mass is 306 g/mol. The van der Waals surface area contributed by atoms with E-state index < -0.39 is 17.6 Å². The third kappa shape index (κ3) is 4.72. The number of carboxylic acid groups (broad SMARTS) is 1. The molecule has 108 valence electrons. The second kappa shape index (κ2) is 7.04. The van der Waals surface area contributed by atoms with Gasteiger partial charge in [0.05, 0.1) is 0 Å². The minimum Gasteiger partial charge on any atom is -0.478 e. The molecule has 0 aliphatic rings. The summed E-state index contributed by atoms with van der Waals surface area (Å²) in [7, 11) is 0. The summed E-state index contributed by atoms with van der Waals surface area (Å²) in [5.41, 5.74) is 1.75. The van der Waals surface area contributed by atoms with Crippen LogP contribution in [0.5, 0.6) is 0 Å². The fraction of sp³-hybridized carbons (Fsp3) is 0.0625. The molecule has 0 saturated heterocycles. The van der Waals surface area contributed by atoms with E-state index in [1.807, 2.05) is 18.2 Å². The SMILES string of the molecule is O=C(O)C=Cc1cccc(CSc2ccc(F)c(F)c2)c1. The third-order valence-corrected chi connectivity index (χ3v) is 3.73. The Bertz CT molecular complexity index is 684. The van der Waals surface area contributed by atoms with E-state index in [1.165, 1.54) is 23.9 Å². The summed E-state index contributed by atoms with van der Waals surface area (Å²) >= 11 is 1.38. The molecular weight excluding hydrogens is 294 g/mol. The number of carboxylic acids is 1. The molecule has 0 heterocycles. The molecule has 0 spiro atoms. The van der Waals surface area contributed by atoms with Gasteiger partial charge < -0.3 is 5.11 Å². The van der Waals surface area contributed by atoms with E-state index in [0.717, 1.165) is 29.3 Å². The molecule has 21 heavy (non-hydrogen) atoms. The zero-order valence-electron chi connectivity index (χ0n) is 10.9. The quantitative estimate of drug-likeness (QED) is 0.659. The van der Waals surface area contributed by atoms with Crippen LogP contribution in [0.25, 0.3) is 6.08 Å². The number of aliphatic carboxylic acids is 1. The Labute approximate surface area is 125 Å². The molecule has 0 aliphatic carbocycles. The van der Waals surface area contributed by atoms with Crippen molar-refractivity contribution < 1.29 is 18.7 Å². The lowest BCUT2D eigenvalue weighted by atomic mass is 10.1. The van der Waals surface area contributed by atoms with Gasteiger partial charge in [-0.15, -0.1) is 11.8 Å². The molecule has 0 aliphatic heterocycles. The summed E-state index contributed by atoms with van der Waals surface area (Å²) in [6.45, 7) is 0. The van der Waals surface area contributed by atoms with E-state index in [-0.39, 0.29) is 0 Å². The largest absolute Gasteiger partial charge is 0.478 e. The van der Waals surface area contributed by atoms with E-state index in [9.17, 15) is 13.6 Å². The summed E-state index contributed by atoms with van der Waals surface area (Å²) < 4.78 is 25.9. The van der Waals surface area contributed by atoms with Crippen molar-refractivity contribution in [2.45, 2.75) is 10.6 Å². The number of hydrogen-bond acceptors (Lipinski definition) is 2. The molecule has 0 saturated carbocycles. The first-order valence-corrected chi connectivity index (χ1v) is 7.11. The first-order chi connectivity index (χ1) is 10.0. The highest BCUT2D eigenvalue weighted by molar-refractivity contribution is 7.98. The predicted octanol–water partition coefficient (Wildman–Crippen LogP) is 4.35. The number of thioether (sulfide) groups is 1. The predicted molar refractivity (Wildman–Crippen MR) is 79.0 cm³/mol. The van der Waals surface area contributed by atoms with Crippen LogP contribution in [0.2, 0.25) is 0 Å². The molecule has 2 nitrogen and oxygen atoms in total. The molecule has 0 bridgehead atoms. The van der Waals surface area contributed by atoms with Gasteiger partial charge in [-0.05, 0) is 35.4 Å². The Morgan fingerprint density at radius 1 is 1.14 bits per heavy atom. The first kappa shape index (κ1) is 15.3. The van der Waals surface area contributed by atoms with Crippen molar-refractivity contribution in [3.63, 3.8) is 0 Å². The topological polar surface area (TPSA) is 37.3 Å². The third-order valence-electron chi connectivity index (χ3n) is 2.67. The summed E-state index contributed by atoms with van der Waals surface area (Å²) in [5, 5.41) is 8.59. The Hall–Kier alpha value is -2.14. The van der Waals surface area contributed by atoms with E-state index in [0.29, 0.717) is 10.6 Å². The van der Waals surface area contributed by atoms with Gasteiger partial charge in [-0.2, -0.15) is 0 Å². The molecular formula is C16H12F2O2S. The zero-order chi connectivity index (χ0) is 15.2. The maximum Gasteiger partial charge on any atom is 0.328 e. The molecule has 0 unspecified atom stereocenters. The van der Waals surface area contributed by atoms with Gasteiger partial charge in [0.1, 0.15) is 0 Å². The van der Waals surface area contributed by atoms with Crippen LogP contribution in [0.15, 0.2) is 53.4 Å². The van der Waals surface area contributed by atoms with Crippen molar-refractivity contribution in [1.82, 2.24) is 0 Å². The number of halogens is 2. The first-order valence-electron chi connectivity index (χ1n) is 6.12.